The van der Waals surface area contributed by atoms with Crippen molar-refractivity contribution in [3.05, 3.63) is 41.7 Å². The summed E-state index contributed by atoms with van der Waals surface area (Å²) in [6.07, 6.45) is 2.82. The Hall–Kier alpha value is -2.68. The summed E-state index contributed by atoms with van der Waals surface area (Å²) in [4.78, 5) is 12.4. The lowest BCUT2D eigenvalue weighted by Gasteiger charge is -2.19. The molecule has 2 heterocycles. The first-order valence-electron chi connectivity index (χ1n) is 9.32. The van der Waals surface area contributed by atoms with Crippen LogP contribution in [-0.4, -0.2) is 57.7 Å². The highest BCUT2D eigenvalue weighted by molar-refractivity contribution is 6.35. The predicted octanol–water partition coefficient (Wildman–Crippen LogP) is 1.39. The normalized spacial score (nSPS) is 17.9. The van der Waals surface area contributed by atoms with Crippen molar-refractivity contribution in [1.29, 1.82) is 0 Å². The van der Waals surface area contributed by atoms with Gasteiger partial charge in [0.15, 0.2) is 0 Å². The monoisotopic (exact) mass is 386 g/mol. The molecule has 0 saturated heterocycles. The van der Waals surface area contributed by atoms with Crippen LogP contribution in [0.2, 0.25) is 0 Å². The Balaban J connectivity index is 1.66. The zero-order valence-corrected chi connectivity index (χ0v) is 16.0. The molecule has 1 aliphatic rings. The molecule has 1 aromatic heterocycles. The number of carbonyl (C=O) groups excluding carboxylic acids is 1. The third-order valence-corrected chi connectivity index (χ3v) is 4.44. The van der Waals surface area contributed by atoms with Gasteiger partial charge in [-0.3, -0.25) is 9.89 Å². The number of amides is 1. The van der Waals surface area contributed by atoms with E-state index in [1.807, 2.05) is 13.0 Å². The number of fused-ring (bicyclic) bond motifs is 1. The number of carbonyl (C=O) groups is 1. The Morgan fingerprint density at radius 3 is 2.82 bits per heavy atom. The number of benzene rings is 1. The Labute approximate surface area is 163 Å². The van der Waals surface area contributed by atoms with Crippen LogP contribution < -0.4 is 15.4 Å². The molecule has 8 heteroatoms. The van der Waals surface area contributed by atoms with Crippen LogP contribution in [0.15, 0.2) is 30.5 Å². The minimum Gasteiger partial charge on any atom is -0.490 e. The number of aromatic amines is 1. The first kappa shape index (κ1) is 20.1. The molecule has 0 radical (unpaired) electrons. The van der Waals surface area contributed by atoms with Gasteiger partial charge >= 0.3 is 0 Å². The molecule has 1 aromatic carbocycles. The largest absolute Gasteiger partial charge is 0.490 e. The smallest absolute Gasteiger partial charge is 0.256 e. The highest BCUT2D eigenvalue weighted by atomic mass is 16.5. The lowest BCUT2D eigenvalue weighted by molar-refractivity contribution is -0.110. The maximum atomic E-state index is 12.4. The first-order chi connectivity index (χ1) is 13.4. The van der Waals surface area contributed by atoms with Crippen molar-refractivity contribution in [2.24, 2.45) is 0 Å². The molecule has 3 atom stereocenters. The Morgan fingerprint density at radius 2 is 2.11 bits per heavy atom. The number of aromatic nitrogens is 2. The van der Waals surface area contributed by atoms with E-state index in [9.17, 15) is 15.0 Å². The summed E-state index contributed by atoms with van der Waals surface area (Å²) in [5.74, 6) is 0.313. The highest BCUT2D eigenvalue weighted by Crippen LogP contribution is 2.39. The van der Waals surface area contributed by atoms with E-state index in [4.69, 9.17) is 4.74 Å². The van der Waals surface area contributed by atoms with Crippen LogP contribution in [-0.2, 0) is 4.79 Å². The van der Waals surface area contributed by atoms with Gasteiger partial charge in [-0.2, -0.15) is 5.10 Å². The van der Waals surface area contributed by atoms with Gasteiger partial charge in [-0.15, -0.1) is 0 Å². The van der Waals surface area contributed by atoms with Crippen LogP contribution in [0, 0.1) is 0 Å². The standard InChI is InChI=1S/C20H26N4O4/c1-12(8-13(2)25)21-10-15(26)11-28-18-5-3-4-17-19(18)16(20(27)23-17)9-14-6-7-22-24-14/h3-7,9,12-13,15,21,25-26H,8,10-11H2,1-2H3,(H,22,24)(H,23,27). The van der Waals surface area contributed by atoms with Gasteiger partial charge in [-0.25, -0.2) is 0 Å². The van der Waals surface area contributed by atoms with Crippen molar-refractivity contribution in [2.45, 2.75) is 38.5 Å². The molecule has 0 bridgehead atoms. The van der Waals surface area contributed by atoms with Gasteiger partial charge in [0.25, 0.3) is 5.91 Å². The van der Waals surface area contributed by atoms with Crippen LogP contribution in [0.4, 0.5) is 5.69 Å². The second-order valence-corrected chi connectivity index (χ2v) is 7.06. The number of nitrogens with zero attached hydrogens (tertiary/aromatic N) is 1. The summed E-state index contributed by atoms with van der Waals surface area (Å²) >= 11 is 0. The maximum Gasteiger partial charge on any atom is 0.256 e. The third-order valence-electron chi connectivity index (χ3n) is 4.44. The van der Waals surface area contributed by atoms with Crippen LogP contribution in [0.25, 0.3) is 11.6 Å². The van der Waals surface area contributed by atoms with Crippen molar-refractivity contribution in [3.63, 3.8) is 0 Å². The highest BCUT2D eigenvalue weighted by Gasteiger charge is 2.28. The Morgan fingerprint density at radius 1 is 1.29 bits per heavy atom. The number of nitrogens with one attached hydrogen (secondary N) is 3. The quantitative estimate of drug-likeness (QED) is 0.416. The number of ether oxygens (including phenoxy) is 1. The van der Waals surface area contributed by atoms with Crippen LogP contribution >= 0.6 is 0 Å². The van der Waals surface area contributed by atoms with Crippen LogP contribution in [0.5, 0.6) is 5.75 Å². The van der Waals surface area contributed by atoms with E-state index in [1.54, 1.807) is 37.4 Å². The zero-order valence-electron chi connectivity index (χ0n) is 16.0. The first-order valence-corrected chi connectivity index (χ1v) is 9.32. The fraction of sp³-hybridized carbons (Fsp3) is 0.400. The summed E-state index contributed by atoms with van der Waals surface area (Å²) in [5.41, 5.74) is 2.54. The fourth-order valence-electron chi connectivity index (χ4n) is 3.15. The van der Waals surface area contributed by atoms with E-state index in [-0.39, 0.29) is 18.6 Å². The van der Waals surface area contributed by atoms with Crippen LogP contribution in [0.1, 0.15) is 31.5 Å². The number of hydrogen-bond donors (Lipinski definition) is 5. The molecule has 0 saturated carbocycles. The van der Waals surface area contributed by atoms with E-state index in [0.29, 0.717) is 41.2 Å². The molecule has 150 valence electrons. The van der Waals surface area contributed by atoms with Gasteiger partial charge in [-0.1, -0.05) is 6.07 Å². The minimum absolute atomic E-state index is 0.0797. The molecule has 1 amide bonds. The molecule has 1 aliphatic heterocycles. The molecule has 5 N–H and O–H groups in total. The van der Waals surface area contributed by atoms with Gasteiger partial charge in [-0.05, 0) is 44.5 Å². The van der Waals surface area contributed by atoms with E-state index in [1.165, 1.54) is 0 Å². The topological polar surface area (TPSA) is 120 Å². The molecular weight excluding hydrogens is 360 g/mol. The zero-order chi connectivity index (χ0) is 20.1. The van der Waals surface area contributed by atoms with Crippen molar-refractivity contribution in [3.8, 4) is 5.75 Å². The van der Waals surface area contributed by atoms with Gasteiger partial charge in [0.1, 0.15) is 18.5 Å². The molecule has 2 aromatic rings. The second-order valence-electron chi connectivity index (χ2n) is 7.06. The Bertz CT molecular complexity index is 833. The van der Waals surface area contributed by atoms with Crippen molar-refractivity contribution >= 4 is 23.2 Å². The number of hydrogen-bond acceptors (Lipinski definition) is 6. The van der Waals surface area contributed by atoms with Gasteiger partial charge in [0, 0.05) is 18.8 Å². The lowest BCUT2D eigenvalue weighted by Crippen LogP contribution is -2.37. The van der Waals surface area contributed by atoms with Crippen molar-refractivity contribution in [1.82, 2.24) is 15.5 Å². The number of rotatable bonds is 9. The molecule has 0 aliphatic carbocycles. The summed E-state index contributed by atoms with van der Waals surface area (Å²) < 4.78 is 5.82. The van der Waals surface area contributed by atoms with Crippen molar-refractivity contribution < 1.29 is 19.7 Å². The van der Waals surface area contributed by atoms with Gasteiger partial charge in [0.05, 0.1) is 28.6 Å². The summed E-state index contributed by atoms with van der Waals surface area (Å²) in [6, 6.07) is 7.23. The molecule has 28 heavy (non-hydrogen) atoms. The Kier molecular flexibility index (Phi) is 6.45. The molecular formula is C20H26N4O4. The van der Waals surface area contributed by atoms with E-state index < -0.39 is 12.2 Å². The lowest BCUT2D eigenvalue weighted by atomic mass is 10.0. The van der Waals surface area contributed by atoms with Gasteiger partial charge in [0.2, 0.25) is 0 Å². The number of aliphatic hydroxyl groups excluding tert-OH is 2. The van der Waals surface area contributed by atoms with E-state index in [2.05, 4.69) is 20.8 Å². The summed E-state index contributed by atoms with van der Waals surface area (Å²) in [6.45, 7) is 4.11. The summed E-state index contributed by atoms with van der Waals surface area (Å²) in [5, 5.41) is 32.3. The van der Waals surface area contributed by atoms with Crippen molar-refractivity contribution in [2.75, 3.05) is 18.5 Å². The molecule has 3 rings (SSSR count). The maximum absolute atomic E-state index is 12.4. The molecule has 0 fully saturated rings. The number of anilines is 1. The van der Waals surface area contributed by atoms with E-state index in [0.717, 1.165) is 0 Å². The molecule has 8 nitrogen and oxygen atoms in total. The minimum atomic E-state index is -0.725. The molecule has 0 spiro atoms. The summed E-state index contributed by atoms with van der Waals surface area (Å²) in [7, 11) is 0. The average Bonchev–Trinajstić information content (AvgIpc) is 3.26. The second kappa shape index (κ2) is 9.01. The predicted molar refractivity (Wildman–Crippen MR) is 107 cm³/mol. The SMILES string of the molecule is CC(O)CC(C)NCC(O)COc1cccc2c1C(=Cc1ccn[nH]1)C(=O)N2. The third kappa shape index (κ3) is 4.98. The number of aliphatic hydroxyl groups is 2. The number of H-pyrrole nitrogens is 1. The van der Waals surface area contributed by atoms with Crippen LogP contribution in [0.3, 0.4) is 0 Å². The van der Waals surface area contributed by atoms with Gasteiger partial charge < -0.3 is 25.6 Å². The fourth-order valence-corrected chi connectivity index (χ4v) is 3.15. The van der Waals surface area contributed by atoms with E-state index >= 15 is 0 Å². The molecule has 3 unspecified atom stereocenters. The average molecular weight is 386 g/mol.